The Balaban J connectivity index is 1.55. The molecule has 4 aromatic carbocycles. The predicted molar refractivity (Wildman–Crippen MR) is 134 cm³/mol. The van der Waals surface area contributed by atoms with Crippen LogP contribution in [0.3, 0.4) is 0 Å². The molecule has 0 aliphatic heterocycles. The summed E-state index contributed by atoms with van der Waals surface area (Å²) >= 11 is 3.37. The summed E-state index contributed by atoms with van der Waals surface area (Å²) in [6.45, 7) is 0. The van der Waals surface area contributed by atoms with Crippen LogP contribution in [0.15, 0.2) is 107 Å². The van der Waals surface area contributed by atoms with Crippen LogP contribution >= 0.6 is 23.5 Å². The van der Waals surface area contributed by atoms with Gasteiger partial charge in [-0.1, -0.05) is 60.7 Å². The molecular weight excluding hydrogens is 436 g/mol. The van der Waals surface area contributed by atoms with Gasteiger partial charge in [0.2, 0.25) is 0 Å². The lowest BCUT2D eigenvalue weighted by molar-refractivity contribution is 0.152. The number of rotatable bonds is 6. The summed E-state index contributed by atoms with van der Waals surface area (Å²) in [6.07, 6.45) is 3.31. The van der Waals surface area contributed by atoms with Crippen molar-refractivity contribution < 1.29 is 14.3 Å². The van der Waals surface area contributed by atoms with Gasteiger partial charge in [-0.3, -0.25) is 0 Å². The standard InChI is InChI=1S/C27H22O3S2/c1-31-21-15-11-19(12-16-21)23-7-3-5-9-25(23)29-27(28)30-26-10-6-4-8-24(26)20-13-17-22(32-2)18-14-20/h3-18H,1-2H3. The summed E-state index contributed by atoms with van der Waals surface area (Å²) in [7, 11) is 0. The van der Waals surface area contributed by atoms with Crippen molar-refractivity contribution in [3.8, 4) is 33.8 Å². The normalized spacial score (nSPS) is 10.6. The lowest BCUT2D eigenvalue weighted by atomic mass is 10.0. The fraction of sp³-hybridized carbons (Fsp3) is 0.0741. The highest BCUT2D eigenvalue weighted by molar-refractivity contribution is 7.98. The highest BCUT2D eigenvalue weighted by atomic mass is 32.2. The number of ether oxygens (including phenoxy) is 2. The number of hydrogen-bond acceptors (Lipinski definition) is 5. The smallest absolute Gasteiger partial charge is 0.394 e. The highest BCUT2D eigenvalue weighted by Gasteiger charge is 2.15. The molecule has 0 aliphatic carbocycles. The van der Waals surface area contributed by atoms with E-state index in [9.17, 15) is 4.79 Å². The van der Waals surface area contributed by atoms with Crippen LogP contribution < -0.4 is 9.47 Å². The minimum absolute atomic E-state index is 0.455. The maximum Gasteiger partial charge on any atom is 0.519 e. The zero-order valence-electron chi connectivity index (χ0n) is 17.8. The molecule has 0 heterocycles. The molecule has 0 saturated carbocycles. The van der Waals surface area contributed by atoms with Gasteiger partial charge in [0.1, 0.15) is 11.5 Å². The SMILES string of the molecule is CSc1ccc(-c2ccccc2OC(=O)Oc2ccccc2-c2ccc(SC)cc2)cc1. The Bertz CT molecular complexity index is 1110. The van der Waals surface area contributed by atoms with Crippen LogP contribution in [0.1, 0.15) is 0 Å². The summed E-state index contributed by atoms with van der Waals surface area (Å²) in [4.78, 5) is 15.0. The van der Waals surface area contributed by atoms with Crippen molar-refractivity contribution in [2.45, 2.75) is 9.79 Å². The van der Waals surface area contributed by atoms with Crippen molar-refractivity contribution in [2.75, 3.05) is 12.5 Å². The molecule has 4 aromatic rings. The molecule has 160 valence electrons. The van der Waals surface area contributed by atoms with Gasteiger partial charge in [-0.2, -0.15) is 0 Å². The zero-order valence-corrected chi connectivity index (χ0v) is 19.4. The number of carbonyl (C=O) groups is 1. The summed E-state index contributed by atoms with van der Waals surface area (Å²) in [5.41, 5.74) is 3.61. The molecule has 0 fully saturated rings. The van der Waals surface area contributed by atoms with Gasteiger partial charge in [-0.15, -0.1) is 23.5 Å². The second-order valence-electron chi connectivity index (χ2n) is 6.90. The number of benzene rings is 4. The first-order valence-corrected chi connectivity index (χ1v) is 12.5. The maximum absolute atomic E-state index is 12.7. The Hall–Kier alpha value is -3.15. The zero-order chi connectivity index (χ0) is 22.3. The quantitative estimate of drug-likeness (QED) is 0.166. The predicted octanol–water partition coefficient (Wildman–Crippen LogP) is 8.04. The third-order valence-corrected chi connectivity index (χ3v) is 6.45. The molecule has 32 heavy (non-hydrogen) atoms. The van der Waals surface area contributed by atoms with Gasteiger partial charge in [0.15, 0.2) is 0 Å². The Morgan fingerprint density at radius 3 is 1.31 bits per heavy atom. The van der Waals surface area contributed by atoms with Crippen LogP contribution in [0.25, 0.3) is 22.3 Å². The van der Waals surface area contributed by atoms with Crippen LogP contribution in [0.5, 0.6) is 11.5 Å². The van der Waals surface area contributed by atoms with Crippen LogP contribution in [0, 0.1) is 0 Å². The molecule has 0 amide bonds. The summed E-state index contributed by atoms with van der Waals surface area (Å²) < 4.78 is 11.2. The monoisotopic (exact) mass is 458 g/mol. The lowest BCUT2D eigenvalue weighted by Crippen LogP contribution is -2.14. The van der Waals surface area contributed by atoms with Gasteiger partial charge in [-0.25, -0.2) is 4.79 Å². The minimum Gasteiger partial charge on any atom is -0.394 e. The van der Waals surface area contributed by atoms with Crippen molar-refractivity contribution in [2.24, 2.45) is 0 Å². The summed E-state index contributed by atoms with van der Waals surface area (Å²) in [6, 6.07) is 31.2. The molecule has 0 spiro atoms. The van der Waals surface area contributed by atoms with Gasteiger partial charge in [0, 0.05) is 20.9 Å². The first-order valence-electron chi connectivity index (χ1n) is 10.0. The summed E-state index contributed by atoms with van der Waals surface area (Å²) in [5.74, 6) is 0.910. The van der Waals surface area contributed by atoms with E-state index in [1.165, 1.54) is 9.79 Å². The maximum atomic E-state index is 12.7. The first-order chi connectivity index (χ1) is 15.7. The van der Waals surface area contributed by atoms with Crippen LogP contribution in [-0.4, -0.2) is 18.7 Å². The highest BCUT2D eigenvalue weighted by Crippen LogP contribution is 2.33. The van der Waals surface area contributed by atoms with Crippen molar-refractivity contribution in [1.82, 2.24) is 0 Å². The second kappa shape index (κ2) is 10.4. The van der Waals surface area contributed by atoms with Crippen molar-refractivity contribution in [1.29, 1.82) is 0 Å². The van der Waals surface area contributed by atoms with E-state index in [1.807, 2.05) is 97.4 Å². The van der Waals surface area contributed by atoms with Gasteiger partial charge >= 0.3 is 6.16 Å². The topological polar surface area (TPSA) is 35.5 Å². The van der Waals surface area contributed by atoms with E-state index >= 15 is 0 Å². The fourth-order valence-electron chi connectivity index (χ4n) is 3.33. The molecule has 0 atom stereocenters. The largest absolute Gasteiger partial charge is 0.519 e. The lowest BCUT2D eigenvalue weighted by Gasteiger charge is -2.13. The molecule has 0 aliphatic rings. The van der Waals surface area contributed by atoms with Crippen molar-refractivity contribution in [3.05, 3.63) is 97.1 Å². The number of para-hydroxylation sites is 2. The molecule has 0 N–H and O–H groups in total. The Morgan fingerprint density at radius 2 is 0.938 bits per heavy atom. The van der Waals surface area contributed by atoms with Gasteiger partial charge in [0.25, 0.3) is 0 Å². The molecule has 4 rings (SSSR count). The molecule has 0 bridgehead atoms. The van der Waals surface area contributed by atoms with Crippen molar-refractivity contribution in [3.63, 3.8) is 0 Å². The Kier molecular flexibility index (Phi) is 7.20. The van der Waals surface area contributed by atoms with Gasteiger partial charge in [-0.05, 0) is 60.0 Å². The number of carbonyl (C=O) groups excluding carboxylic acids is 1. The molecule has 0 radical (unpaired) electrons. The van der Waals surface area contributed by atoms with E-state index in [1.54, 1.807) is 35.7 Å². The molecule has 0 saturated heterocycles. The third-order valence-electron chi connectivity index (χ3n) is 4.96. The average molecular weight is 459 g/mol. The molecule has 5 heteroatoms. The molecule has 3 nitrogen and oxygen atoms in total. The van der Waals surface area contributed by atoms with Gasteiger partial charge in [0.05, 0.1) is 0 Å². The van der Waals surface area contributed by atoms with Crippen LogP contribution in [0.2, 0.25) is 0 Å². The Labute approximate surface area is 196 Å². The van der Waals surface area contributed by atoms with E-state index < -0.39 is 6.16 Å². The van der Waals surface area contributed by atoms with E-state index in [0.29, 0.717) is 11.5 Å². The molecule has 0 aromatic heterocycles. The molecular formula is C27H22O3S2. The number of hydrogen-bond donors (Lipinski definition) is 0. The molecule has 0 unspecified atom stereocenters. The summed E-state index contributed by atoms with van der Waals surface area (Å²) in [5, 5.41) is 0. The van der Waals surface area contributed by atoms with E-state index in [-0.39, 0.29) is 0 Å². The number of thioether (sulfide) groups is 2. The van der Waals surface area contributed by atoms with Crippen molar-refractivity contribution >= 4 is 29.7 Å². The average Bonchev–Trinajstić information content (AvgIpc) is 2.85. The Morgan fingerprint density at radius 1 is 0.562 bits per heavy atom. The third kappa shape index (κ3) is 5.18. The first kappa shape index (κ1) is 22.1. The van der Waals surface area contributed by atoms with E-state index in [0.717, 1.165) is 22.3 Å². The van der Waals surface area contributed by atoms with E-state index in [2.05, 4.69) is 0 Å². The fourth-order valence-corrected chi connectivity index (χ4v) is 4.15. The second-order valence-corrected chi connectivity index (χ2v) is 8.66. The van der Waals surface area contributed by atoms with Crippen LogP contribution in [0.4, 0.5) is 4.79 Å². The van der Waals surface area contributed by atoms with Gasteiger partial charge < -0.3 is 9.47 Å². The minimum atomic E-state index is -0.772. The van der Waals surface area contributed by atoms with E-state index in [4.69, 9.17) is 9.47 Å². The van der Waals surface area contributed by atoms with Crippen LogP contribution in [-0.2, 0) is 0 Å².